The van der Waals surface area contributed by atoms with Gasteiger partial charge in [0.2, 0.25) is 5.91 Å². The molecule has 0 saturated heterocycles. The topological polar surface area (TPSA) is 50.3 Å². The molecule has 0 aliphatic carbocycles. The first-order valence-electron chi connectivity index (χ1n) is 9.40. The number of rotatable bonds is 5. The van der Waals surface area contributed by atoms with Crippen LogP contribution in [0, 0.1) is 27.7 Å². The largest absolute Gasteiger partial charge is 0.289 e. The Balaban J connectivity index is 1.87. The maximum absolute atomic E-state index is 12.5. The molecule has 2 aromatic carbocycles. The van der Waals surface area contributed by atoms with Crippen molar-refractivity contribution in [1.29, 1.82) is 0 Å². The predicted molar refractivity (Wildman–Crippen MR) is 120 cm³/mol. The fourth-order valence-corrected chi connectivity index (χ4v) is 4.03. The molecule has 0 spiro atoms. The number of anilines is 2. The van der Waals surface area contributed by atoms with Crippen LogP contribution < -0.4 is 4.90 Å². The second kappa shape index (κ2) is 8.53. The van der Waals surface area contributed by atoms with Gasteiger partial charge in [0.25, 0.3) is 0 Å². The number of carbonyl (C=O) groups excluding carboxylic acids is 2. The van der Waals surface area contributed by atoms with Crippen molar-refractivity contribution in [2.75, 3.05) is 4.90 Å². The molecule has 0 fully saturated rings. The molecule has 0 aliphatic rings. The van der Waals surface area contributed by atoms with Crippen molar-refractivity contribution in [2.24, 2.45) is 0 Å². The van der Waals surface area contributed by atoms with Crippen molar-refractivity contribution in [3.05, 3.63) is 81.4 Å². The molecule has 1 aromatic heterocycles. The van der Waals surface area contributed by atoms with E-state index in [1.165, 1.54) is 24.3 Å². The molecular formula is C24H24N2O2S. The Morgan fingerprint density at radius 3 is 2.48 bits per heavy atom. The summed E-state index contributed by atoms with van der Waals surface area (Å²) in [7, 11) is 0. The standard InChI is InChI=1S/C24H24N2O2S/c1-15-9-11-21(17(3)13-15)23(28)12-10-20-14-29-24(25-20)26(19(5)27)22-8-6-7-16(2)18(22)4/h6-14H,1-5H3/b12-10+. The van der Waals surface area contributed by atoms with Crippen molar-refractivity contribution in [2.45, 2.75) is 34.6 Å². The zero-order valence-electron chi connectivity index (χ0n) is 17.3. The van der Waals surface area contributed by atoms with Gasteiger partial charge in [-0.15, -0.1) is 11.3 Å². The minimum absolute atomic E-state index is 0.0602. The van der Waals surface area contributed by atoms with E-state index in [4.69, 9.17) is 0 Å². The fraction of sp³-hybridized carbons (Fsp3) is 0.208. The van der Waals surface area contributed by atoms with Crippen molar-refractivity contribution in [1.82, 2.24) is 4.98 Å². The number of nitrogens with zero attached hydrogens (tertiary/aromatic N) is 2. The van der Waals surface area contributed by atoms with E-state index < -0.39 is 0 Å². The van der Waals surface area contributed by atoms with Crippen LogP contribution in [0.2, 0.25) is 0 Å². The summed E-state index contributed by atoms with van der Waals surface area (Å²) < 4.78 is 0. The Morgan fingerprint density at radius 2 is 1.79 bits per heavy atom. The van der Waals surface area contributed by atoms with Crippen molar-refractivity contribution < 1.29 is 9.59 Å². The summed E-state index contributed by atoms with van der Waals surface area (Å²) in [5, 5.41) is 2.44. The van der Waals surface area contributed by atoms with Gasteiger partial charge in [-0.2, -0.15) is 0 Å². The molecule has 1 heterocycles. The summed E-state index contributed by atoms with van der Waals surface area (Å²) in [6.45, 7) is 9.49. The number of thiazole rings is 1. The number of allylic oxidation sites excluding steroid dienone is 1. The highest BCUT2D eigenvalue weighted by Gasteiger charge is 2.20. The highest BCUT2D eigenvalue weighted by molar-refractivity contribution is 7.14. The van der Waals surface area contributed by atoms with E-state index >= 15 is 0 Å². The van der Waals surface area contributed by atoms with Crippen molar-refractivity contribution in [3.8, 4) is 0 Å². The SMILES string of the molecule is CC(=O)N(c1nc(/C=C/C(=O)c2ccc(C)cc2C)cs1)c1cccc(C)c1C. The number of hydrogen-bond donors (Lipinski definition) is 0. The van der Waals surface area contributed by atoms with E-state index in [-0.39, 0.29) is 11.7 Å². The average Bonchev–Trinajstić information content (AvgIpc) is 3.11. The van der Waals surface area contributed by atoms with E-state index in [1.54, 1.807) is 11.0 Å². The summed E-state index contributed by atoms with van der Waals surface area (Å²) in [6, 6.07) is 11.7. The first-order chi connectivity index (χ1) is 13.8. The Labute approximate surface area is 175 Å². The maximum atomic E-state index is 12.5. The molecule has 29 heavy (non-hydrogen) atoms. The summed E-state index contributed by atoms with van der Waals surface area (Å²) in [4.78, 5) is 31.1. The molecule has 1 amide bonds. The smallest absolute Gasteiger partial charge is 0.230 e. The number of amides is 1. The van der Waals surface area contributed by atoms with Gasteiger partial charge in [0.05, 0.1) is 11.4 Å². The van der Waals surface area contributed by atoms with Crippen LogP contribution in [0.5, 0.6) is 0 Å². The molecule has 148 valence electrons. The zero-order valence-corrected chi connectivity index (χ0v) is 18.1. The monoisotopic (exact) mass is 404 g/mol. The molecule has 0 radical (unpaired) electrons. The number of benzene rings is 2. The van der Waals surface area contributed by atoms with Crippen LogP contribution in [-0.2, 0) is 4.79 Å². The minimum Gasteiger partial charge on any atom is -0.289 e. The number of ketones is 1. The fourth-order valence-electron chi connectivity index (χ4n) is 3.18. The van der Waals surface area contributed by atoms with Crippen LogP contribution in [0.3, 0.4) is 0 Å². The Kier molecular flexibility index (Phi) is 6.09. The van der Waals surface area contributed by atoms with Crippen LogP contribution in [-0.4, -0.2) is 16.7 Å². The third-order valence-corrected chi connectivity index (χ3v) is 5.73. The highest BCUT2D eigenvalue weighted by atomic mass is 32.1. The van der Waals surface area contributed by atoms with Gasteiger partial charge in [-0.3, -0.25) is 14.5 Å². The number of aromatic nitrogens is 1. The van der Waals surface area contributed by atoms with Gasteiger partial charge in [0, 0.05) is 17.9 Å². The second-order valence-corrected chi connectivity index (χ2v) is 7.98. The first kappa shape index (κ1) is 20.7. The van der Waals surface area contributed by atoms with Gasteiger partial charge in [-0.25, -0.2) is 4.98 Å². The predicted octanol–water partition coefficient (Wildman–Crippen LogP) is 5.96. The molecule has 3 rings (SSSR count). The lowest BCUT2D eigenvalue weighted by molar-refractivity contribution is -0.115. The van der Waals surface area contributed by atoms with E-state index in [1.807, 2.05) is 69.5 Å². The van der Waals surface area contributed by atoms with Gasteiger partial charge in [-0.05, 0) is 62.6 Å². The van der Waals surface area contributed by atoms with Crippen LogP contribution >= 0.6 is 11.3 Å². The Morgan fingerprint density at radius 1 is 1.03 bits per heavy atom. The molecule has 0 atom stereocenters. The lowest BCUT2D eigenvalue weighted by Crippen LogP contribution is -2.23. The van der Waals surface area contributed by atoms with Crippen LogP contribution in [0.4, 0.5) is 10.8 Å². The molecular weight excluding hydrogens is 380 g/mol. The average molecular weight is 405 g/mol. The molecule has 4 nitrogen and oxygen atoms in total. The lowest BCUT2D eigenvalue weighted by atomic mass is 10.0. The molecule has 3 aromatic rings. The van der Waals surface area contributed by atoms with Gasteiger partial charge < -0.3 is 0 Å². The lowest BCUT2D eigenvalue weighted by Gasteiger charge is -2.21. The minimum atomic E-state index is -0.102. The summed E-state index contributed by atoms with van der Waals surface area (Å²) >= 11 is 1.38. The molecule has 0 N–H and O–H groups in total. The van der Waals surface area contributed by atoms with Crippen LogP contribution in [0.25, 0.3) is 6.08 Å². The van der Waals surface area contributed by atoms with Crippen molar-refractivity contribution >= 4 is 39.9 Å². The van der Waals surface area contributed by atoms with Gasteiger partial charge >= 0.3 is 0 Å². The molecule has 0 aliphatic heterocycles. The van der Waals surface area contributed by atoms with E-state index in [2.05, 4.69) is 4.98 Å². The van der Waals surface area contributed by atoms with Gasteiger partial charge in [0.1, 0.15) is 0 Å². The molecule has 0 saturated carbocycles. The molecule has 0 unspecified atom stereocenters. The molecule has 5 heteroatoms. The van der Waals surface area contributed by atoms with Crippen LogP contribution in [0.1, 0.15) is 45.2 Å². The Bertz CT molecular complexity index is 1110. The number of aryl methyl sites for hydroxylation is 3. The van der Waals surface area contributed by atoms with Crippen LogP contribution in [0.15, 0.2) is 47.9 Å². The summed E-state index contributed by atoms with van der Waals surface area (Å²) in [5.74, 6) is -0.162. The number of hydrogen-bond acceptors (Lipinski definition) is 4. The maximum Gasteiger partial charge on any atom is 0.230 e. The highest BCUT2D eigenvalue weighted by Crippen LogP contribution is 2.32. The van der Waals surface area contributed by atoms with Gasteiger partial charge in [0.15, 0.2) is 10.9 Å². The second-order valence-electron chi connectivity index (χ2n) is 7.14. The third kappa shape index (κ3) is 4.51. The van der Waals surface area contributed by atoms with E-state index in [0.29, 0.717) is 16.4 Å². The number of carbonyl (C=O) groups is 2. The van der Waals surface area contributed by atoms with Crippen molar-refractivity contribution in [3.63, 3.8) is 0 Å². The Hall–Kier alpha value is -3.05. The third-order valence-electron chi connectivity index (χ3n) is 4.89. The molecule has 0 bridgehead atoms. The quantitative estimate of drug-likeness (QED) is 0.389. The first-order valence-corrected chi connectivity index (χ1v) is 10.3. The van der Waals surface area contributed by atoms with E-state index in [0.717, 1.165) is 27.9 Å². The van der Waals surface area contributed by atoms with E-state index in [9.17, 15) is 9.59 Å². The summed E-state index contributed by atoms with van der Waals surface area (Å²) in [5.41, 5.74) is 6.40. The van der Waals surface area contributed by atoms with Gasteiger partial charge in [-0.1, -0.05) is 35.9 Å². The normalized spacial score (nSPS) is 11.1. The zero-order chi connectivity index (χ0) is 21.1. The summed E-state index contributed by atoms with van der Waals surface area (Å²) in [6.07, 6.45) is 3.23.